The first kappa shape index (κ1) is 14.4. The Balaban J connectivity index is 1.59. The van der Waals surface area contributed by atoms with Crippen molar-refractivity contribution in [2.24, 2.45) is 5.92 Å². The van der Waals surface area contributed by atoms with Crippen LogP contribution in [0, 0.1) is 11.7 Å². The second kappa shape index (κ2) is 6.46. The molecule has 1 aromatic carbocycles. The summed E-state index contributed by atoms with van der Waals surface area (Å²) in [7, 11) is 0. The lowest BCUT2D eigenvalue weighted by Gasteiger charge is -2.29. The molecule has 1 saturated heterocycles. The topological polar surface area (TPSA) is 29.5 Å². The largest absolute Gasteiger partial charge is 0.461 e. The van der Waals surface area contributed by atoms with Gasteiger partial charge in [0, 0.05) is 13.1 Å². The van der Waals surface area contributed by atoms with Crippen molar-refractivity contribution in [1.29, 1.82) is 0 Å². The molecule has 21 heavy (non-hydrogen) atoms. The molecule has 2 aliphatic rings. The molecule has 1 saturated carbocycles. The van der Waals surface area contributed by atoms with Crippen LogP contribution in [0.3, 0.4) is 0 Å². The zero-order valence-electron chi connectivity index (χ0n) is 12.3. The van der Waals surface area contributed by atoms with E-state index in [2.05, 4.69) is 4.90 Å². The zero-order valence-corrected chi connectivity index (χ0v) is 12.3. The van der Waals surface area contributed by atoms with Crippen LogP contribution in [0.5, 0.6) is 0 Å². The number of carbonyl (C=O) groups is 1. The number of halogens is 1. The van der Waals surface area contributed by atoms with Crippen molar-refractivity contribution in [1.82, 2.24) is 0 Å². The minimum absolute atomic E-state index is 0.0717. The van der Waals surface area contributed by atoms with Crippen LogP contribution in [0.25, 0.3) is 0 Å². The number of benzene rings is 1. The van der Waals surface area contributed by atoms with Gasteiger partial charge in [0.25, 0.3) is 0 Å². The van der Waals surface area contributed by atoms with Gasteiger partial charge in [-0.3, -0.25) is 4.79 Å². The van der Waals surface area contributed by atoms with Crippen molar-refractivity contribution in [2.75, 3.05) is 18.0 Å². The molecule has 0 radical (unpaired) electrons. The normalized spacial score (nSPS) is 19.2. The highest BCUT2D eigenvalue weighted by Gasteiger charge is 2.26. The Hall–Kier alpha value is -1.58. The van der Waals surface area contributed by atoms with Crippen LogP contribution in [0.2, 0.25) is 0 Å². The van der Waals surface area contributed by atoms with Gasteiger partial charge in [-0.2, -0.15) is 0 Å². The van der Waals surface area contributed by atoms with Gasteiger partial charge in [-0.15, -0.1) is 0 Å². The minimum atomic E-state index is -0.214. The minimum Gasteiger partial charge on any atom is -0.461 e. The van der Waals surface area contributed by atoms with Crippen LogP contribution < -0.4 is 4.90 Å². The van der Waals surface area contributed by atoms with E-state index in [0.717, 1.165) is 50.8 Å². The number of anilines is 1. The van der Waals surface area contributed by atoms with Crippen molar-refractivity contribution >= 4 is 11.7 Å². The summed E-state index contributed by atoms with van der Waals surface area (Å²) in [5.74, 6) is -0.279. The molecule has 1 heterocycles. The number of carbonyl (C=O) groups excluding carboxylic acids is 1. The van der Waals surface area contributed by atoms with Crippen molar-refractivity contribution in [3.63, 3.8) is 0 Å². The SMILES string of the molecule is O=C(OCc1ccc(N2CCCCC2)c(F)c1)C1CCC1. The van der Waals surface area contributed by atoms with E-state index < -0.39 is 0 Å². The maximum atomic E-state index is 14.2. The first-order valence-electron chi connectivity index (χ1n) is 7.94. The molecule has 3 rings (SSSR count). The van der Waals surface area contributed by atoms with Gasteiger partial charge >= 0.3 is 5.97 Å². The number of piperidine rings is 1. The Morgan fingerprint density at radius 2 is 1.95 bits per heavy atom. The summed E-state index contributed by atoms with van der Waals surface area (Å²) >= 11 is 0. The highest BCUT2D eigenvalue weighted by atomic mass is 19.1. The third-order valence-electron chi connectivity index (χ3n) is 4.53. The van der Waals surface area contributed by atoms with E-state index in [1.165, 1.54) is 12.5 Å². The average molecular weight is 291 g/mol. The summed E-state index contributed by atoms with van der Waals surface area (Å²) in [6.45, 7) is 2.02. The van der Waals surface area contributed by atoms with E-state index in [-0.39, 0.29) is 24.3 Å². The molecule has 0 atom stereocenters. The second-order valence-corrected chi connectivity index (χ2v) is 6.07. The quantitative estimate of drug-likeness (QED) is 0.793. The van der Waals surface area contributed by atoms with Gasteiger partial charge in [0.2, 0.25) is 0 Å². The molecule has 0 bridgehead atoms. The van der Waals surface area contributed by atoms with Gasteiger partial charge in [0.1, 0.15) is 12.4 Å². The fraction of sp³-hybridized carbons (Fsp3) is 0.588. The monoisotopic (exact) mass is 291 g/mol. The zero-order chi connectivity index (χ0) is 14.7. The Kier molecular flexibility index (Phi) is 4.42. The Morgan fingerprint density at radius 3 is 2.57 bits per heavy atom. The predicted molar refractivity (Wildman–Crippen MR) is 79.6 cm³/mol. The summed E-state index contributed by atoms with van der Waals surface area (Å²) in [5, 5.41) is 0. The maximum Gasteiger partial charge on any atom is 0.309 e. The van der Waals surface area contributed by atoms with Crippen LogP contribution in [-0.4, -0.2) is 19.1 Å². The van der Waals surface area contributed by atoms with E-state index in [1.54, 1.807) is 0 Å². The molecule has 0 N–H and O–H groups in total. The molecule has 1 aliphatic carbocycles. The van der Waals surface area contributed by atoms with Crippen LogP contribution in [0.15, 0.2) is 18.2 Å². The van der Waals surface area contributed by atoms with E-state index in [9.17, 15) is 9.18 Å². The standard InChI is InChI=1S/C17H22FNO2/c18-15-11-13(12-21-17(20)14-5-4-6-14)7-8-16(15)19-9-2-1-3-10-19/h7-8,11,14H,1-6,9-10,12H2. The Labute approximate surface area is 125 Å². The highest BCUT2D eigenvalue weighted by Crippen LogP contribution is 2.28. The van der Waals surface area contributed by atoms with E-state index in [1.807, 2.05) is 12.1 Å². The van der Waals surface area contributed by atoms with Gasteiger partial charge in [-0.1, -0.05) is 12.5 Å². The molecule has 2 fully saturated rings. The summed E-state index contributed by atoms with van der Waals surface area (Å²) in [6.07, 6.45) is 6.45. The lowest BCUT2D eigenvalue weighted by Crippen LogP contribution is -2.30. The molecule has 114 valence electrons. The van der Waals surface area contributed by atoms with Gasteiger partial charge < -0.3 is 9.64 Å². The molecule has 0 spiro atoms. The summed E-state index contributed by atoms with van der Waals surface area (Å²) < 4.78 is 19.5. The average Bonchev–Trinajstić information content (AvgIpc) is 2.44. The molecule has 1 aliphatic heterocycles. The lowest BCUT2D eigenvalue weighted by molar-refractivity contribution is -0.152. The Morgan fingerprint density at radius 1 is 1.19 bits per heavy atom. The fourth-order valence-corrected chi connectivity index (χ4v) is 2.95. The third-order valence-corrected chi connectivity index (χ3v) is 4.53. The van der Waals surface area contributed by atoms with Crippen molar-refractivity contribution in [3.05, 3.63) is 29.6 Å². The number of rotatable bonds is 4. The Bertz CT molecular complexity index is 508. The number of hydrogen-bond acceptors (Lipinski definition) is 3. The molecular weight excluding hydrogens is 269 g/mol. The summed E-state index contributed by atoms with van der Waals surface area (Å²) in [6, 6.07) is 5.17. The molecule has 0 amide bonds. The van der Waals surface area contributed by atoms with Crippen LogP contribution in [0.1, 0.15) is 44.1 Å². The van der Waals surface area contributed by atoms with Crippen LogP contribution in [0.4, 0.5) is 10.1 Å². The van der Waals surface area contributed by atoms with Crippen molar-refractivity contribution in [2.45, 2.75) is 45.1 Å². The molecule has 1 aromatic rings. The lowest BCUT2D eigenvalue weighted by atomic mass is 9.86. The number of hydrogen-bond donors (Lipinski definition) is 0. The van der Waals surface area contributed by atoms with Crippen molar-refractivity contribution in [3.8, 4) is 0 Å². The molecule has 0 unspecified atom stereocenters. The van der Waals surface area contributed by atoms with Crippen LogP contribution >= 0.6 is 0 Å². The fourth-order valence-electron chi connectivity index (χ4n) is 2.95. The van der Waals surface area contributed by atoms with E-state index >= 15 is 0 Å². The van der Waals surface area contributed by atoms with E-state index in [0.29, 0.717) is 5.69 Å². The third kappa shape index (κ3) is 3.36. The number of nitrogens with zero attached hydrogens (tertiary/aromatic N) is 1. The molecule has 4 heteroatoms. The van der Waals surface area contributed by atoms with Gasteiger partial charge in [-0.25, -0.2) is 4.39 Å². The van der Waals surface area contributed by atoms with Gasteiger partial charge in [0.05, 0.1) is 11.6 Å². The number of ether oxygens (including phenoxy) is 1. The highest BCUT2D eigenvalue weighted by molar-refractivity contribution is 5.73. The van der Waals surface area contributed by atoms with Crippen molar-refractivity contribution < 1.29 is 13.9 Å². The second-order valence-electron chi connectivity index (χ2n) is 6.07. The summed E-state index contributed by atoms with van der Waals surface area (Å²) in [4.78, 5) is 13.8. The summed E-state index contributed by atoms with van der Waals surface area (Å²) in [5.41, 5.74) is 1.39. The van der Waals surface area contributed by atoms with Crippen LogP contribution in [-0.2, 0) is 16.1 Å². The molecule has 0 aromatic heterocycles. The molecular formula is C17H22FNO2. The predicted octanol–water partition coefficient (Wildman–Crippen LogP) is 3.66. The first-order valence-corrected chi connectivity index (χ1v) is 7.94. The maximum absolute atomic E-state index is 14.2. The smallest absolute Gasteiger partial charge is 0.309 e. The first-order chi connectivity index (χ1) is 10.2. The number of esters is 1. The van der Waals surface area contributed by atoms with E-state index in [4.69, 9.17) is 4.74 Å². The molecule has 3 nitrogen and oxygen atoms in total. The van der Waals surface area contributed by atoms with Gasteiger partial charge in [0.15, 0.2) is 0 Å². The van der Waals surface area contributed by atoms with Gasteiger partial charge in [-0.05, 0) is 49.8 Å².